The topological polar surface area (TPSA) is 136 Å². The summed E-state index contributed by atoms with van der Waals surface area (Å²) in [6.45, 7) is 0. The second-order valence-electron chi connectivity index (χ2n) is 6.10. The largest absolute Gasteiger partial charge is 0.481 e. The van der Waals surface area contributed by atoms with E-state index in [4.69, 9.17) is 17.3 Å². The molecular weight excluding hydrogens is 376 g/mol. The van der Waals surface area contributed by atoms with Gasteiger partial charge >= 0.3 is 12.0 Å². The van der Waals surface area contributed by atoms with Gasteiger partial charge in [-0.05, 0) is 12.8 Å². The Hall–Kier alpha value is -2.14. The maximum absolute atomic E-state index is 11.1. The highest BCUT2D eigenvalue weighted by molar-refractivity contribution is 8.00. The molecule has 0 saturated carbocycles. The summed E-state index contributed by atoms with van der Waals surface area (Å²) in [5.41, 5.74) is 1.54. The number of carboxylic acid groups (broad SMARTS) is 1. The van der Waals surface area contributed by atoms with Crippen LogP contribution in [-0.4, -0.2) is 60.1 Å². The first kappa shape index (κ1) is 18.6. The number of nitrogens with zero attached hydrogens (tertiary/aromatic N) is 2. The number of carbonyl (C=O) groups is 2. The van der Waals surface area contributed by atoms with Gasteiger partial charge in [-0.2, -0.15) is 11.8 Å². The van der Waals surface area contributed by atoms with Crippen LogP contribution in [0.4, 0.5) is 4.79 Å². The molecule has 26 heavy (non-hydrogen) atoms. The van der Waals surface area contributed by atoms with Crippen LogP contribution in [0.1, 0.15) is 25.7 Å². The van der Waals surface area contributed by atoms with Gasteiger partial charge in [0.05, 0.1) is 24.7 Å². The number of thioether (sulfide) groups is 1. The fourth-order valence-electron chi connectivity index (χ4n) is 3.05. The van der Waals surface area contributed by atoms with Crippen molar-refractivity contribution < 1.29 is 14.7 Å². The van der Waals surface area contributed by atoms with E-state index in [2.05, 4.69) is 30.6 Å². The molecule has 9 nitrogen and oxygen atoms in total. The number of rotatable bonds is 5. The number of hydrogen-bond donors (Lipinski definition) is 5. The van der Waals surface area contributed by atoms with Gasteiger partial charge in [-0.15, -0.1) is 0 Å². The zero-order valence-corrected chi connectivity index (χ0v) is 15.5. The Balaban J connectivity index is 0.000000167. The maximum Gasteiger partial charge on any atom is 0.315 e. The third kappa shape index (κ3) is 4.52. The number of unbranched alkanes of at least 4 members (excludes halogenated alkanes) is 1. The Morgan fingerprint density at radius 1 is 1.27 bits per heavy atom. The Morgan fingerprint density at radius 2 is 2.08 bits per heavy atom. The van der Waals surface area contributed by atoms with Gasteiger partial charge in [0.1, 0.15) is 5.52 Å². The number of hydrogen-bond acceptors (Lipinski definition) is 6. The van der Waals surface area contributed by atoms with Crippen LogP contribution >= 0.6 is 24.0 Å². The van der Waals surface area contributed by atoms with Gasteiger partial charge in [-0.1, -0.05) is 18.6 Å². The van der Waals surface area contributed by atoms with Crippen molar-refractivity contribution in [3.05, 3.63) is 17.3 Å². The zero-order valence-electron chi connectivity index (χ0n) is 13.9. The highest BCUT2D eigenvalue weighted by Gasteiger charge is 2.42. The lowest BCUT2D eigenvalue weighted by atomic mass is 10.0. The molecule has 2 fully saturated rings. The van der Waals surface area contributed by atoms with E-state index >= 15 is 0 Å². The highest BCUT2D eigenvalue weighted by Crippen LogP contribution is 2.33. The zero-order chi connectivity index (χ0) is 18.5. The van der Waals surface area contributed by atoms with Crippen molar-refractivity contribution in [3.63, 3.8) is 0 Å². The molecule has 4 rings (SSSR count). The van der Waals surface area contributed by atoms with E-state index in [1.54, 1.807) is 6.33 Å². The third-order valence-corrected chi connectivity index (χ3v) is 6.12. The standard InChI is InChI=1S/C10H16N2O3S.C5H4N4S/c13-8(14)4-2-1-3-7-9-6(5-16-7)11-10(15)12-9;10-5-3-4(7-1-6-3)8-2-9-5/h6-7,9H,1-5H2,(H,13,14)(H2,11,12,15);1-2H,(H2,6,7,8,9,10)/t6-,7-,9-;/m0./s1. The van der Waals surface area contributed by atoms with Gasteiger partial charge < -0.3 is 25.7 Å². The number of fused-ring (bicyclic) bond motifs is 2. The van der Waals surface area contributed by atoms with Gasteiger partial charge in [0.15, 0.2) is 10.3 Å². The number of aromatic nitrogens is 4. The summed E-state index contributed by atoms with van der Waals surface area (Å²) >= 11 is 6.78. The molecule has 2 aromatic rings. The van der Waals surface area contributed by atoms with E-state index in [1.807, 2.05) is 11.8 Å². The number of carbonyl (C=O) groups excluding carboxylic acids is 1. The van der Waals surface area contributed by atoms with E-state index in [9.17, 15) is 9.59 Å². The number of imidazole rings is 1. The van der Waals surface area contributed by atoms with Gasteiger partial charge in [-0.25, -0.2) is 14.8 Å². The molecule has 2 aliphatic heterocycles. The Labute approximate surface area is 158 Å². The van der Waals surface area contributed by atoms with Gasteiger partial charge in [-0.3, -0.25) is 4.79 Å². The lowest BCUT2D eigenvalue weighted by Crippen LogP contribution is -2.36. The highest BCUT2D eigenvalue weighted by atomic mass is 32.2. The summed E-state index contributed by atoms with van der Waals surface area (Å²) in [6, 6.07) is 0.440. The third-order valence-electron chi connectivity index (χ3n) is 4.30. The van der Waals surface area contributed by atoms with Crippen LogP contribution in [-0.2, 0) is 4.79 Å². The molecular formula is C15H20N6O3S2. The van der Waals surface area contributed by atoms with Gasteiger partial charge in [0.25, 0.3) is 0 Å². The summed E-state index contributed by atoms with van der Waals surface area (Å²) in [5, 5.41) is 14.8. The average Bonchev–Trinajstić information content (AvgIpc) is 3.29. The van der Waals surface area contributed by atoms with Crippen LogP contribution in [0.15, 0.2) is 12.7 Å². The van der Waals surface area contributed by atoms with Crippen molar-refractivity contribution in [2.24, 2.45) is 0 Å². The second-order valence-corrected chi connectivity index (χ2v) is 7.75. The van der Waals surface area contributed by atoms with Gasteiger partial charge in [0.2, 0.25) is 0 Å². The Bertz CT molecular complexity index is 838. The molecule has 2 amide bonds. The Kier molecular flexibility index (Phi) is 6.09. The molecule has 0 radical (unpaired) electrons. The molecule has 140 valence electrons. The van der Waals surface area contributed by atoms with Crippen LogP contribution in [0.3, 0.4) is 0 Å². The quantitative estimate of drug-likeness (QED) is 0.295. The smallest absolute Gasteiger partial charge is 0.315 e. The fourth-order valence-corrected chi connectivity index (χ4v) is 4.80. The normalized spacial score (nSPS) is 23.7. The predicted molar refractivity (Wildman–Crippen MR) is 101 cm³/mol. The molecule has 3 atom stereocenters. The number of carboxylic acids is 1. The first-order valence-electron chi connectivity index (χ1n) is 8.32. The van der Waals surface area contributed by atoms with Crippen LogP contribution in [0.25, 0.3) is 11.2 Å². The predicted octanol–water partition coefficient (Wildman–Crippen LogP) is 1.81. The lowest BCUT2D eigenvalue weighted by molar-refractivity contribution is -0.137. The van der Waals surface area contributed by atoms with E-state index < -0.39 is 5.97 Å². The van der Waals surface area contributed by atoms with Crippen molar-refractivity contribution in [1.29, 1.82) is 0 Å². The molecule has 0 unspecified atom stereocenters. The first-order chi connectivity index (χ1) is 12.5. The average molecular weight is 396 g/mol. The first-order valence-corrected chi connectivity index (χ1v) is 9.77. The number of H-pyrrole nitrogens is 2. The van der Waals surface area contributed by atoms with Crippen LogP contribution in [0.5, 0.6) is 0 Å². The molecule has 11 heteroatoms. The molecule has 0 bridgehead atoms. The molecule has 0 aliphatic carbocycles. The van der Waals surface area contributed by atoms with Crippen molar-refractivity contribution >= 4 is 47.1 Å². The SMILES string of the molecule is O=C(O)CCCC[C@@H]1SC[C@@H]2NC(=O)N[C@@H]21.S=c1nc[nH]c2nc[nH]c12. The Morgan fingerprint density at radius 3 is 2.85 bits per heavy atom. The minimum absolute atomic E-state index is 0.0640. The number of nitrogens with one attached hydrogen (secondary N) is 4. The summed E-state index contributed by atoms with van der Waals surface area (Å²) in [7, 11) is 0. The van der Waals surface area contributed by atoms with Crippen molar-refractivity contribution in [2.45, 2.75) is 43.0 Å². The summed E-state index contributed by atoms with van der Waals surface area (Å²) in [5.74, 6) is 0.236. The summed E-state index contributed by atoms with van der Waals surface area (Å²) in [6.07, 6.45) is 6.00. The fraction of sp³-hybridized carbons (Fsp3) is 0.533. The van der Waals surface area contributed by atoms with E-state index in [0.717, 1.165) is 36.2 Å². The van der Waals surface area contributed by atoms with Crippen LogP contribution in [0.2, 0.25) is 0 Å². The minimum atomic E-state index is -0.729. The number of aliphatic carboxylic acids is 1. The second kappa shape index (κ2) is 8.49. The molecule has 4 heterocycles. The van der Waals surface area contributed by atoms with Crippen molar-refractivity contribution in [3.8, 4) is 0 Å². The van der Waals surface area contributed by atoms with Crippen molar-refractivity contribution in [2.75, 3.05) is 5.75 Å². The van der Waals surface area contributed by atoms with Crippen LogP contribution in [0, 0.1) is 4.64 Å². The number of urea groups is 1. The summed E-state index contributed by atoms with van der Waals surface area (Å²) < 4.78 is 0.547. The van der Waals surface area contributed by atoms with Crippen molar-refractivity contribution in [1.82, 2.24) is 30.6 Å². The monoisotopic (exact) mass is 396 g/mol. The number of amides is 2. The summed E-state index contributed by atoms with van der Waals surface area (Å²) in [4.78, 5) is 35.0. The molecule has 2 aliphatic rings. The molecule has 2 saturated heterocycles. The van der Waals surface area contributed by atoms with Crippen LogP contribution < -0.4 is 10.6 Å². The molecule has 0 aromatic carbocycles. The van der Waals surface area contributed by atoms with E-state index in [-0.39, 0.29) is 24.5 Å². The maximum atomic E-state index is 11.1. The molecule has 5 N–H and O–H groups in total. The minimum Gasteiger partial charge on any atom is -0.481 e. The van der Waals surface area contributed by atoms with Gasteiger partial charge in [0, 0.05) is 17.4 Å². The molecule has 2 aromatic heterocycles. The number of aromatic amines is 2. The van der Waals surface area contributed by atoms with E-state index in [1.165, 1.54) is 6.33 Å². The lowest BCUT2D eigenvalue weighted by Gasteiger charge is -2.16. The molecule has 0 spiro atoms. The van der Waals surface area contributed by atoms with E-state index in [0.29, 0.717) is 9.89 Å².